The molecule has 6 heteroatoms. The molecule has 1 aromatic rings. The third kappa shape index (κ3) is 2.25. The lowest BCUT2D eigenvalue weighted by Crippen LogP contribution is -2.08. The first-order valence-corrected chi connectivity index (χ1v) is 4.74. The number of aromatic nitrogens is 1. The number of rotatable bonds is 2. The zero-order valence-electron chi connectivity index (χ0n) is 9.01. The Morgan fingerprint density at radius 1 is 1.25 bits per heavy atom. The number of aryl methyl sites for hydroxylation is 1. The smallest absolute Gasteiger partial charge is 0.388 e. The average Bonchev–Trinajstić information content (AvgIpc) is 2.61. The average molecular weight is 251 g/mol. The largest absolute Gasteiger partial charge is 0.417 e. The van der Waals surface area contributed by atoms with Crippen molar-refractivity contribution in [2.24, 2.45) is 0 Å². The molecule has 1 aliphatic rings. The molecule has 0 radical (unpaired) electrons. The van der Waals surface area contributed by atoms with Crippen molar-refractivity contribution >= 4 is 12.4 Å². The van der Waals surface area contributed by atoms with E-state index < -0.39 is 6.61 Å². The van der Waals surface area contributed by atoms with Gasteiger partial charge in [-0.05, 0) is 25.0 Å². The Kier molecular flexibility index (Phi) is 4.04. The minimum atomic E-state index is -2.82. The van der Waals surface area contributed by atoms with Gasteiger partial charge in [0.15, 0.2) is 0 Å². The van der Waals surface area contributed by atoms with Crippen LogP contribution in [0.15, 0.2) is 0 Å². The molecule has 0 fully saturated rings. The Hall–Kier alpha value is -0.940. The lowest BCUT2D eigenvalue weighted by molar-refractivity contribution is -0.0535. The number of pyridine rings is 1. The van der Waals surface area contributed by atoms with E-state index >= 15 is 0 Å². The number of alkyl halides is 2. The van der Waals surface area contributed by atoms with Crippen LogP contribution >= 0.6 is 12.4 Å². The van der Waals surface area contributed by atoms with Crippen LogP contribution in [0.1, 0.15) is 22.4 Å². The van der Waals surface area contributed by atoms with E-state index in [1.807, 2.05) is 6.92 Å². The van der Waals surface area contributed by atoms with Gasteiger partial charge in [-0.25, -0.2) is 4.98 Å². The molecule has 90 valence electrons. The van der Waals surface area contributed by atoms with Crippen molar-refractivity contribution in [3.05, 3.63) is 22.4 Å². The van der Waals surface area contributed by atoms with Gasteiger partial charge in [-0.15, -0.1) is 12.4 Å². The molecule has 0 saturated heterocycles. The normalized spacial score (nSPS) is 13.6. The predicted octanol–water partition coefficient (Wildman–Crippen LogP) is 2.32. The minimum absolute atomic E-state index is 0. The number of ether oxygens (including phenoxy) is 1. The second-order valence-corrected chi connectivity index (χ2v) is 3.57. The van der Waals surface area contributed by atoms with E-state index in [1.165, 1.54) is 0 Å². The molecule has 0 saturated carbocycles. The SMILES string of the molecule is Cc1nc(OC(F)F)c2c(c1C)CNC2.Cl. The maximum Gasteiger partial charge on any atom is 0.388 e. The van der Waals surface area contributed by atoms with Crippen LogP contribution in [0, 0.1) is 13.8 Å². The Balaban J connectivity index is 0.00000128. The molecule has 2 heterocycles. The summed E-state index contributed by atoms with van der Waals surface area (Å²) in [6.07, 6.45) is 0. The summed E-state index contributed by atoms with van der Waals surface area (Å²) >= 11 is 0. The number of hydrogen-bond donors (Lipinski definition) is 1. The van der Waals surface area contributed by atoms with E-state index in [1.54, 1.807) is 6.92 Å². The second kappa shape index (κ2) is 4.93. The summed E-state index contributed by atoms with van der Waals surface area (Å²) < 4.78 is 28.7. The van der Waals surface area contributed by atoms with Crippen LogP contribution < -0.4 is 10.1 Å². The molecule has 0 amide bonds. The van der Waals surface area contributed by atoms with Crippen molar-refractivity contribution in [1.82, 2.24) is 10.3 Å². The third-order valence-corrected chi connectivity index (χ3v) is 2.69. The molecular weight excluding hydrogens is 238 g/mol. The van der Waals surface area contributed by atoms with Crippen LogP contribution in [0.25, 0.3) is 0 Å². The molecule has 0 bridgehead atoms. The van der Waals surface area contributed by atoms with E-state index in [0.717, 1.165) is 22.4 Å². The van der Waals surface area contributed by atoms with Gasteiger partial charge in [0.05, 0.1) is 0 Å². The molecule has 0 spiro atoms. The van der Waals surface area contributed by atoms with Gasteiger partial charge in [-0.3, -0.25) is 0 Å². The highest BCUT2D eigenvalue weighted by atomic mass is 35.5. The van der Waals surface area contributed by atoms with E-state index in [2.05, 4.69) is 15.0 Å². The molecular formula is C10H13ClF2N2O. The van der Waals surface area contributed by atoms with Crippen molar-refractivity contribution in [3.63, 3.8) is 0 Å². The molecule has 1 aliphatic heterocycles. The first-order chi connectivity index (χ1) is 7.09. The number of hydrogen-bond acceptors (Lipinski definition) is 3. The van der Waals surface area contributed by atoms with Gasteiger partial charge in [0.1, 0.15) is 0 Å². The van der Waals surface area contributed by atoms with Gasteiger partial charge in [0.25, 0.3) is 0 Å². The monoisotopic (exact) mass is 250 g/mol. The molecule has 1 aromatic heterocycles. The number of halogens is 3. The van der Waals surface area contributed by atoms with E-state index in [-0.39, 0.29) is 18.3 Å². The molecule has 0 atom stereocenters. The predicted molar refractivity (Wildman–Crippen MR) is 58.1 cm³/mol. The summed E-state index contributed by atoms with van der Waals surface area (Å²) in [5.41, 5.74) is 3.60. The summed E-state index contributed by atoms with van der Waals surface area (Å²) in [4.78, 5) is 4.04. The van der Waals surface area contributed by atoms with Crippen molar-refractivity contribution in [3.8, 4) is 5.88 Å². The van der Waals surface area contributed by atoms with Crippen molar-refractivity contribution in [2.45, 2.75) is 33.5 Å². The molecule has 1 N–H and O–H groups in total. The fraction of sp³-hybridized carbons (Fsp3) is 0.500. The molecule has 0 aliphatic carbocycles. The number of fused-ring (bicyclic) bond motifs is 1. The topological polar surface area (TPSA) is 34.1 Å². The van der Waals surface area contributed by atoms with Gasteiger partial charge in [-0.2, -0.15) is 8.78 Å². The quantitative estimate of drug-likeness (QED) is 0.875. The molecule has 0 unspecified atom stereocenters. The first-order valence-electron chi connectivity index (χ1n) is 4.74. The molecule has 2 rings (SSSR count). The third-order valence-electron chi connectivity index (χ3n) is 2.69. The lowest BCUT2D eigenvalue weighted by Gasteiger charge is -2.12. The lowest BCUT2D eigenvalue weighted by atomic mass is 10.1. The highest BCUT2D eigenvalue weighted by molar-refractivity contribution is 5.85. The summed E-state index contributed by atoms with van der Waals surface area (Å²) in [5.74, 6) is 0.0631. The maximum absolute atomic E-state index is 12.1. The number of nitrogens with one attached hydrogen (secondary N) is 1. The van der Waals surface area contributed by atoms with Crippen molar-refractivity contribution in [2.75, 3.05) is 0 Å². The molecule has 0 aromatic carbocycles. The van der Waals surface area contributed by atoms with Crippen LogP contribution in [0.3, 0.4) is 0 Å². The Morgan fingerprint density at radius 2 is 1.88 bits per heavy atom. The minimum Gasteiger partial charge on any atom is -0.417 e. The van der Waals surface area contributed by atoms with Gasteiger partial charge in [0, 0.05) is 24.3 Å². The zero-order chi connectivity index (χ0) is 11.0. The summed E-state index contributed by atoms with van der Waals surface area (Å²) in [5, 5.41) is 3.10. The Morgan fingerprint density at radius 3 is 2.50 bits per heavy atom. The zero-order valence-corrected chi connectivity index (χ0v) is 9.83. The van der Waals surface area contributed by atoms with Gasteiger partial charge < -0.3 is 10.1 Å². The van der Waals surface area contributed by atoms with Crippen LogP contribution in [0.4, 0.5) is 8.78 Å². The van der Waals surface area contributed by atoms with Crippen LogP contribution in [0.2, 0.25) is 0 Å². The van der Waals surface area contributed by atoms with E-state index in [0.29, 0.717) is 13.1 Å². The Labute approximate surface area is 98.6 Å². The van der Waals surface area contributed by atoms with Gasteiger partial charge in [0.2, 0.25) is 5.88 Å². The van der Waals surface area contributed by atoms with Crippen molar-refractivity contribution in [1.29, 1.82) is 0 Å². The summed E-state index contributed by atoms with van der Waals surface area (Å²) in [6, 6.07) is 0. The van der Waals surface area contributed by atoms with E-state index in [4.69, 9.17) is 0 Å². The van der Waals surface area contributed by atoms with Crippen LogP contribution in [0.5, 0.6) is 5.88 Å². The van der Waals surface area contributed by atoms with Gasteiger partial charge in [-0.1, -0.05) is 0 Å². The summed E-state index contributed by atoms with van der Waals surface area (Å²) in [6.45, 7) is 2.17. The standard InChI is InChI=1S/C10H12F2N2O.ClH/c1-5-6(2)14-9(15-10(11)12)8-4-13-3-7(5)8;/h10,13H,3-4H2,1-2H3;1H. The Bertz CT molecular complexity index is 399. The first kappa shape index (κ1) is 13.1. The van der Waals surface area contributed by atoms with Crippen molar-refractivity contribution < 1.29 is 13.5 Å². The maximum atomic E-state index is 12.1. The fourth-order valence-electron chi connectivity index (χ4n) is 1.79. The fourth-order valence-corrected chi connectivity index (χ4v) is 1.79. The highest BCUT2D eigenvalue weighted by Crippen LogP contribution is 2.29. The highest BCUT2D eigenvalue weighted by Gasteiger charge is 2.22. The summed E-state index contributed by atoms with van der Waals surface area (Å²) in [7, 11) is 0. The van der Waals surface area contributed by atoms with Gasteiger partial charge >= 0.3 is 6.61 Å². The molecule has 16 heavy (non-hydrogen) atoms. The van der Waals surface area contributed by atoms with Crippen LogP contribution in [-0.2, 0) is 13.1 Å². The van der Waals surface area contributed by atoms with E-state index in [9.17, 15) is 8.78 Å². The number of nitrogens with zero attached hydrogens (tertiary/aromatic N) is 1. The molecule has 3 nitrogen and oxygen atoms in total. The second-order valence-electron chi connectivity index (χ2n) is 3.57. The van der Waals surface area contributed by atoms with Crippen LogP contribution in [-0.4, -0.2) is 11.6 Å².